The molecular weight excluding hydrogens is 547 g/mol. The minimum absolute atomic E-state index is 0.0937. The monoisotopic (exact) mass is 580 g/mol. The predicted molar refractivity (Wildman–Crippen MR) is 154 cm³/mol. The fourth-order valence-electron chi connectivity index (χ4n) is 5.17. The van der Waals surface area contributed by atoms with Crippen LogP contribution < -0.4 is 5.32 Å². The van der Waals surface area contributed by atoms with Gasteiger partial charge in [-0.3, -0.25) is 9.20 Å². The average molecular weight is 581 g/mol. The van der Waals surface area contributed by atoms with Gasteiger partial charge in [-0.15, -0.1) is 0 Å². The second kappa shape index (κ2) is 11.0. The SMILES string of the molecule is CC(C)(C)OC(=O)N1CCOC(c2ccc(-c3cn4c(n3)sc3cc(C(=O)NC5CCOCC5)ccc34)c(F)c2)C1. The topological polar surface area (TPSA) is 94.4 Å². The molecule has 0 saturated carbocycles. The van der Waals surface area contributed by atoms with Crippen molar-refractivity contribution in [3.8, 4) is 11.3 Å². The number of morpholine rings is 1. The number of thiazole rings is 1. The van der Waals surface area contributed by atoms with Gasteiger partial charge >= 0.3 is 6.09 Å². The van der Waals surface area contributed by atoms with Crippen molar-refractivity contribution in [1.82, 2.24) is 19.6 Å². The van der Waals surface area contributed by atoms with Gasteiger partial charge in [-0.05, 0) is 69.5 Å². The largest absolute Gasteiger partial charge is 0.444 e. The summed E-state index contributed by atoms with van der Waals surface area (Å²) in [6, 6.07) is 10.7. The maximum absolute atomic E-state index is 15.4. The molecular formula is C30H33FN4O5S. The summed E-state index contributed by atoms with van der Waals surface area (Å²) in [6.45, 7) is 7.86. The van der Waals surface area contributed by atoms with E-state index in [0.717, 1.165) is 23.1 Å². The molecule has 9 nitrogen and oxygen atoms in total. The molecule has 2 aromatic carbocycles. The Morgan fingerprint density at radius 3 is 2.68 bits per heavy atom. The number of halogens is 1. The van der Waals surface area contributed by atoms with Gasteiger partial charge in [0, 0.05) is 43.1 Å². The lowest BCUT2D eigenvalue weighted by atomic mass is 10.0. The molecule has 0 bridgehead atoms. The number of carbonyl (C=O) groups is 2. The maximum Gasteiger partial charge on any atom is 0.410 e. The molecule has 2 amide bonds. The first-order valence-electron chi connectivity index (χ1n) is 13.8. The van der Waals surface area contributed by atoms with E-state index in [1.54, 1.807) is 11.0 Å². The molecule has 0 radical (unpaired) electrons. The van der Waals surface area contributed by atoms with Crippen molar-refractivity contribution in [3.05, 3.63) is 59.5 Å². The number of nitrogens with zero attached hydrogens (tertiary/aromatic N) is 3. The number of ether oxygens (including phenoxy) is 3. The van der Waals surface area contributed by atoms with Crippen LogP contribution in [0.4, 0.5) is 9.18 Å². The highest BCUT2D eigenvalue weighted by Crippen LogP contribution is 2.33. The Bertz CT molecular complexity index is 1600. The number of aromatic nitrogens is 2. The molecule has 0 spiro atoms. The van der Waals surface area contributed by atoms with E-state index < -0.39 is 23.6 Å². The van der Waals surface area contributed by atoms with Gasteiger partial charge in [0.05, 0.1) is 29.1 Å². The number of benzene rings is 2. The van der Waals surface area contributed by atoms with Crippen LogP contribution in [0.5, 0.6) is 0 Å². The Kier molecular flexibility index (Phi) is 7.43. The Labute approximate surface area is 241 Å². The zero-order valence-electron chi connectivity index (χ0n) is 23.3. The zero-order valence-corrected chi connectivity index (χ0v) is 24.1. The summed E-state index contributed by atoms with van der Waals surface area (Å²) in [5, 5.41) is 3.10. The summed E-state index contributed by atoms with van der Waals surface area (Å²) < 4.78 is 35.0. The van der Waals surface area contributed by atoms with Crippen LogP contribution in [0, 0.1) is 5.82 Å². The van der Waals surface area contributed by atoms with Crippen LogP contribution in [-0.4, -0.2) is 70.8 Å². The summed E-state index contributed by atoms with van der Waals surface area (Å²) in [5.74, 6) is -0.508. The highest BCUT2D eigenvalue weighted by Gasteiger charge is 2.29. The number of hydrogen-bond acceptors (Lipinski definition) is 7. The molecule has 1 unspecified atom stereocenters. The second-order valence-corrected chi connectivity index (χ2v) is 12.5. The molecule has 2 aliphatic heterocycles. The zero-order chi connectivity index (χ0) is 28.7. The van der Waals surface area contributed by atoms with Crippen LogP contribution in [0.25, 0.3) is 26.4 Å². The summed E-state index contributed by atoms with van der Waals surface area (Å²) in [6.07, 6.45) is 2.60. The molecule has 4 aromatic rings. The van der Waals surface area contributed by atoms with Crippen molar-refractivity contribution in [1.29, 1.82) is 0 Å². The van der Waals surface area contributed by atoms with E-state index in [-0.39, 0.29) is 18.5 Å². The van der Waals surface area contributed by atoms with Crippen LogP contribution in [0.3, 0.4) is 0 Å². The van der Waals surface area contributed by atoms with E-state index in [4.69, 9.17) is 14.2 Å². The summed E-state index contributed by atoms with van der Waals surface area (Å²) in [5.41, 5.74) is 2.46. The van der Waals surface area contributed by atoms with Crippen molar-refractivity contribution in [2.75, 3.05) is 32.9 Å². The van der Waals surface area contributed by atoms with Crippen molar-refractivity contribution >= 4 is 38.5 Å². The molecule has 11 heteroatoms. The van der Waals surface area contributed by atoms with E-state index in [1.165, 1.54) is 17.4 Å². The minimum Gasteiger partial charge on any atom is -0.444 e. The number of nitrogens with one attached hydrogen (secondary N) is 1. The van der Waals surface area contributed by atoms with Gasteiger partial charge in [0.2, 0.25) is 0 Å². The van der Waals surface area contributed by atoms with E-state index in [9.17, 15) is 9.59 Å². The summed E-state index contributed by atoms with van der Waals surface area (Å²) in [4.78, 5) is 32.3. The van der Waals surface area contributed by atoms with Gasteiger partial charge in [-0.25, -0.2) is 14.2 Å². The highest BCUT2D eigenvalue weighted by molar-refractivity contribution is 7.23. The van der Waals surface area contributed by atoms with Crippen LogP contribution >= 0.6 is 11.3 Å². The molecule has 6 rings (SSSR count). The minimum atomic E-state index is -0.593. The standard InChI is InChI=1S/C30H33FN4O5S/c1-30(2,3)40-29(37)34-10-13-39-25(17-34)18-4-6-21(22(31)14-18)23-16-35-24-7-5-19(15-26(24)41-28(35)33-23)27(36)32-20-8-11-38-12-9-20/h4-7,14-16,20,25H,8-13,17H2,1-3H3,(H,32,36). The van der Waals surface area contributed by atoms with E-state index in [0.29, 0.717) is 53.7 Å². The molecule has 2 saturated heterocycles. The van der Waals surface area contributed by atoms with Gasteiger partial charge in [0.25, 0.3) is 5.91 Å². The number of rotatable bonds is 4. The average Bonchev–Trinajstić information content (AvgIpc) is 3.50. The van der Waals surface area contributed by atoms with Gasteiger partial charge in [-0.2, -0.15) is 0 Å². The molecule has 1 atom stereocenters. The lowest BCUT2D eigenvalue weighted by Crippen LogP contribution is -2.44. The van der Waals surface area contributed by atoms with Gasteiger partial charge in [0.1, 0.15) is 17.5 Å². The smallest absolute Gasteiger partial charge is 0.410 e. The quantitative estimate of drug-likeness (QED) is 0.339. The Hall–Kier alpha value is -3.54. The number of hydrogen-bond donors (Lipinski definition) is 1. The fraction of sp³-hybridized carbons (Fsp3) is 0.433. The van der Waals surface area contributed by atoms with Gasteiger partial charge in [0.15, 0.2) is 4.96 Å². The van der Waals surface area contributed by atoms with Crippen molar-refractivity contribution in [3.63, 3.8) is 0 Å². The molecule has 41 heavy (non-hydrogen) atoms. The first-order chi connectivity index (χ1) is 19.6. The summed E-state index contributed by atoms with van der Waals surface area (Å²) >= 11 is 1.45. The number of fused-ring (bicyclic) bond motifs is 3. The molecule has 0 aliphatic carbocycles. The molecule has 2 fully saturated rings. The second-order valence-electron chi connectivity index (χ2n) is 11.4. The van der Waals surface area contributed by atoms with Crippen LogP contribution in [-0.2, 0) is 14.2 Å². The summed E-state index contributed by atoms with van der Waals surface area (Å²) in [7, 11) is 0. The first kappa shape index (κ1) is 27.6. The number of carbonyl (C=O) groups excluding carboxylic acids is 2. The first-order valence-corrected chi connectivity index (χ1v) is 14.7. The molecule has 2 aromatic heterocycles. The number of imidazole rings is 1. The van der Waals surface area contributed by atoms with Crippen LogP contribution in [0.2, 0.25) is 0 Å². The van der Waals surface area contributed by atoms with Crippen molar-refractivity contribution in [2.45, 2.75) is 51.4 Å². The van der Waals surface area contributed by atoms with E-state index in [1.807, 2.05) is 55.6 Å². The molecule has 2 aliphatic rings. The van der Waals surface area contributed by atoms with Crippen LogP contribution in [0.15, 0.2) is 42.6 Å². The van der Waals surface area contributed by atoms with Crippen LogP contribution in [0.1, 0.15) is 55.6 Å². The number of amides is 2. The molecule has 1 N–H and O–H groups in total. The molecule has 4 heterocycles. The predicted octanol–water partition coefficient (Wildman–Crippen LogP) is 5.57. The maximum atomic E-state index is 15.4. The van der Waals surface area contributed by atoms with Gasteiger partial charge < -0.3 is 24.4 Å². The fourth-order valence-corrected chi connectivity index (χ4v) is 6.21. The van der Waals surface area contributed by atoms with Gasteiger partial charge in [-0.1, -0.05) is 17.4 Å². The van der Waals surface area contributed by atoms with Crippen molar-refractivity contribution < 1.29 is 28.2 Å². The third-order valence-corrected chi connectivity index (χ3v) is 8.29. The normalized spacial score (nSPS) is 18.6. The van der Waals surface area contributed by atoms with E-state index >= 15 is 4.39 Å². The third kappa shape index (κ3) is 5.93. The highest BCUT2D eigenvalue weighted by atomic mass is 32.1. The Morgan fingerprint density at radius 2 is 1.93 bits per heavy atom. The Balaban J connectivity index is 1.18. The lowest BCUT2D eigenvalue weighted by molar-refractivity contribution is -0.0433. The molecule has 216 valence electrons. The lowest BCUT2D eigenvalue weighted by Gasteiger charge is -2.34. The Morgan fingerprint density at radius 1 is 1.12 bits per heavy atom. The van der Waals surface area contributed by atoms with E-state index in [2.05, 4.69) is 10.3 Å². The third-order valence-electron chi connectivity index (χ3n) is 7.27. The van der Waals surface area contributed by atoms with Crippen molar-refractivity contribution in [2.24, 2.45) is 0 Å².